The van der Waals surface area contributed by atoms with Crippen molar-refractivity contribution in [3.05, 3.63) is 28.8 Å². The van der Waals surface area contributed by atoms with E-state index in [0.29, 0.717) is 23.5 Å². The van der Waals surface area contributed by atoms with E-state index in [-0.39, 0.29) is 12.2 Å². The highest BCUT2D eigenvalue weighted by Gasteiger charge is 2.14. The molecule has 0 spiro atoms. The molecule has 5 nitrogen and oxygen atoms in total. The molecule has 0 aliphatic carbocycles. The van der Waals surface area contributed by atoms with Gasteiger partial charge in [-0.05, 0) is 31.6 Å². The van der Waals surface area contributed by atoms with Crippen LogP contribution in [0, 0.1) is 18.3 Å². The Kier molecular flexibility index (Phi) is 6.28. The van der Waals surface area contributed by atoms with Gasteiger partial charge in [0, 0.05) is 11.1 Å². The third-order valence-electron chi connectivity index (χ3n) is 2.89. The Morgan fingerprint density at radius 2 is 2.05 bits per heavy atom. The minimum Gasteiger partial charge on any atom is -0.496 e. The van der Waals surface area contributed by atoms with Crippen LogP contribution in [-0.4, -0.2) is 26.8 Å². The van der Waals surface area contributed by atoms with Gasteiger partial charge in [-0.3, -0.25) is 0 Å². The van der Waals surface area contributed by atoms with Crippen molar-refractivity contribution in [2.75, 3.05) is 20.8 Å². The molecular formula is C16H19NO4. The zero-order chi connectivity index (χ0) is 15.8. The first-order chi connectivity index (χ1) is 10.1. The van der Waals surface area contributed by atoms with Crippen molar-refractivity contribution in [3.63, 3.8) is 0 Å². The molecular weight excluding hydrogens is 270 g/mol. The van der Waals surface area contributed by atoms with Gasteiger partial charge in [-0.25, -0.2) is 4.79 Å². The first kappa shape index (κ1) is 16.6. The number of rotatable bonds is 6. The fraction of sp³-hybridized carbons (Fsp3) is 0.375. The number of carbonyl (C=O) groups is 1. The van der Waals surface area contributed by atoms with Gasteiger partial charge in [0.05, 0.1) is 20.8 Å². The summed E-state index contributed by atoms with van der Waals surface area (Å²) >= 11 is 0. The number of benzene rings is 1. The molecule has 0 N–H and O–H groups in total. The number of methoxy groups -OCH3 is 2. The number of nitrogens with zero attached hydrogens (tertiary/aromatic N) is 1. The molecule has 0 radical (unpaired) electrons. The normalized spacial score (nSPS) is 10.7. The Hall–Kier alpha value is -2.48. The van der Waals surface area contributed by atoms with Crippen LogP contribution in [0.2, 0.25) is 0 Å². The first-order valence-corrected chi connectivity index (χ1v) is 6.59. The maximum absolute atomic E-state index is 11.8. The highest BCUT2D eigenvalue weighted by molar-refractivity contribution is 5.98. The average molecular weight is 289 g/mol. The van der Waals surface area contributed by atoms with Gasteiger partial charge < -0.3 is 14.2 Å². The van der Waals surface area contributed by atoms with Crippen LogP contribution >= 0.6 is 0 Å². The third kappa shape index (κ3) is 3.99. The lowest BCUT2D eigenvalue weighted by Gasteiger charge is -2.12. The summed E-state index contributed by atoms with van der Waals surface area (Å²) in [6.45, 7) is 4.02. The SMILES string of the molecule is CCCOC(=O)C(C#N)=Cc1ccc(OC)c(C)c1OC. The van der Waals surface area contributed by atoms with Crippen LogP contribution in [0.4, 0.5) is 0 Å². The largest absolute Gasteiger partial charge is 0.496 e. The second-order valence-electron chi connectivity index (χ2n) is 4.32. The molecule has 0 amide bonds. The minimum absolute atomic E-state index is 0.0636. The van der Waals surface area contributed by atoms with Crippen LogP contribution in [0.5, 0.6) is 11.5 Å². The maximum atomic E-state index is 11.8. The molecule has 0 saturated carbocycles. The van der Waals surface area contributed by atoms with E-state index in [0.717, 1.165) is 5.56 Å². The number of hydrogen-bond donors (Lipinski definition) is 0. The van der Waals surface area contributed by atoms with Gasteiger partial charge in [0.2, 0.25) is 0 Å². The van der Waals surface area contributed by atoms with E-state index in [4.69, 9.17) is 19.5 Å². The van der Waals surface area contributed by atoms with Gasteiger partial charge in [0.1, 0.15) is 23.1 Å². The summed E-state index contributed by atoms with van der Waals surface area (Å²) in [5, 5.41) is 9.11. The number of ether oxygens (including phenoxy) is 3. The molecule has 21 heavy (non-hydrogen) atoms. The molecule has 0 unspecified atom stereocenters. The summed E-state index contributed by atoms with van der Waals surface area (Å²) in [6.07, 6.45) is 2.17. The van der Waals surface area contributed by atoms with Crippen LogP contribution in [0.3, 0.4) is 0 Å². The third-order valence-corrected chi connectivity index (χ3v) is 2.89. The summed E-state index contributed by atoms with van der Waals surface area (Å²) in [5.74, 6) is 0.608. The molecule has 0 atom stereocenters. The van der Waals surface area contributed by atoms with Crippen molar-refractivity contribution in [1.29, 1.82) is 5.26 Å². The van der Waals surface area contributed by atoms with Crippen molar-refractivity contribution in [3.8, 4) is 17.6 Å². The van der Waals surface area contributed by atoms with Crippen LogP contribution in [0.25, 0.3) is 6.08 Å². The van der Waals surface area contributed by atoms with Crippen molar-refractivity contribution < 1.29 is 19.0 Å². The summed E-state index contributed by atoms with van der Waals surface area (Å²) < 4.78 is 15.5. The predicted molar refractivity (Wildman–Crippen MR) is 79.1 cm³/mol. The average Bonchev–Trinajstić information content (AvgIpc) is 2.50. The Labute approximate surface area is 124 Å². The molecule has 112 valence electrons. The zero-order valence-corrected chi connectivity index (χ0v) is 12.7. The summed E-state index contributed by atoms with van der Waals surface area (Å²) in [4.78, 5) is 11.8. The second kappa shape index (κ2) is 7.95. The number of hydrogen-bond acceptors (Lipinski definition) is 5. The van der Waals surface area contributed by atoms with E-state index in [2.05, 4.69) is 0 Å². The molecule has 0 heterocycles. The van der Waals surface area contributed by atoms with Crippen molar-refractivity contribution in [2.45, 2.75) is 20.3 Å². The zero-order valence-electron chi connectivity index (χ0n) is 12.7. The number of nitriles is 1. The van der Waals surface area contributed by atoms with E-state index in [1.165, 1.54) is 13.2 Å². The highest BCUT2D eigenvalue weighted by Crippen LogP contribution is 2.32. The Bertz CT molecular complexity index is 585. The molecule has 0 aliphatic rings. The predicted octanol–water partition coefficient (Wildman–Crippen LogP) is 2.87. The van der Waals surface area contributed by atoms with E-state index >= 15 is 0 Å². The molecule has 5 heteroatoms. The van der Waals surface area contributed by atoms with Crippen molar-refractivity contribution in [1.82, 2.24) is 0 Å². The van der Waals surface area contributed by atoms with Gasteiger partial charge >= 0.3 is 5.97 Å². The quantitative estimate of drug-likeness (QED) is 0.457. The topological polar surface area (TPSA) is 68.6 Å². The van der Waals surface area contributed by atoms with Gasteiger partial charge in [-0.2, -0.15) is 5.26 Å². The molecule has 0 aliphatic heterocycles. The fourth-order valence-electron chi connectivity index (χ4n) is 1.87. The molecule has 0 aromatic heterocycles. The van der Waals surface area contributed by atoms with Gasteiger partial charge in [-0.15, -0.1) is 0 Å². The van der Waals surface area contributed by atoms with Crippen LogP contribution in [0.15, 0.2) is 17.7 Å². The molecule has 1 aromatic carbocycles. The van der Waals surface area contributed by atoms with Crippen LogP contribution in [-0.2, 0) is 9.53 Å². The van der Waals surface area contributed by atoms with Crippen LogP contribution in [0.1, 0.15) is 24.5 Å². The number of esters is 1. The van der Waals surface area contributed by atoms with Crippen molar-refractivity contribution in [2.24, 2.45) is 0 Å². The fourth-order valence-corrected chi connectivity index (χ4v) is 1.87. The minimum atomic E-state index is -0.630. The van der Waals surface area contributed by atoms with Gasteiger partial charge in [-0.1, -0.05) is 6.92 Å². The first-order valence-electron chi connectivity index (χ1n) is 6.59. The molecule has 1 aromatic rings. The summed E-state index contributed by atoms with van der Waals surface area (Å²) in [6, 6.07) is 5.35. The van der Waals surface area contributed by atoms with Gasteiger partial charge in [0.25, 0.3) is 0 Å². The van der Waals surface area contributed by atoms with E-state index in [1.54, 1.807) is 19.2 Å². The van der Waals surface area contributed by atoms with E-state index in [9.17, 15) is 4.79 Å². The molecule has 1 rings (SSSR count). The number of carbonyl (C=O) groups excluding carboxylic acids is 1. The summed E-state index contributed by atoms with van der Waals surface area (Å²) in [5.41, 5.74) is 1.36. The monoisotopic (exact) mass is 289 g/mol. The molecule has 0 fully saturated rings. The molecule has 0 bridgehead atoms. The highest BCUT2D eigenvalue weighted by atomic mass is 16.5. The lowest BCUT2D eigenvalue weighted by atomic mass is 10.1. The molecule has 0 saturated heterocycles. The summed E-state index contributed by atoms with van der Waals surface area (Å²) in [7, 11) is 3.10. The maximum Gasteiger partial charge on any atom is 0.348 e. The van der Waals surface area contributed by atoms with Crippen molar-refractivity contribution >= 4 is 12.0 Å². The Morgan fingerprint density at radius 3 is 2.57 bits per heavy atom. The second-order valence-corrected chi connectivity index (χ2v) is 4.32. The van der Waals surface area contributed by atoms with E-state index < -0.39 is 5.97 Å². The Morgan fingerprint density at radius 1 is 1.33 bits per heavy atom. The van der Waals surface area contributed by atoms with Gasteiger partial charge in [0.15, 0.2) is 0 Å². The lowest BCUT2D eigenvalue weighted by Crippen LogP contribution is -2.07. The standard InChI is InChI=1S/C16H19NO4/c1-5-8-21-16(18)13(10-17)9-12-6-7-14(19-3)11(2)15(12)20-4/h6-7,9H,5,8H2,1-4H3. The lowest BCUT2D eigenvalue weighted by molar-refractivity contribution is -0.138. The Balaban J connectivity index is 3.20. The van der Waals surface area contributed by atoms with Crippen LogP contribution < -0.4 is 9.47 Å². The smallest absolute Gasteiger partial charge is 0.348 e. The van der Waals surface area contributed by atoms with E-state index in [1.807, 2.05) is 19.9 Å².